The van der Waals surface area contributed by atoms with Gasteiger partial charge in [-0.3, -0.25) is 14.7 Å². The van der Waals surface area contributed by atoms with Crippen molar-refractivity contribution < 1.29 is 9.90 Å². The Labute approximate surface area is 196 Å². The summed E-state index contributed by atoms with van der Waals surface area (Å²) in [7, 11) is 0. The fraction of sp³-hybridized carbons (Fsp3) is 0.593. The first kappa shape index (κ1) is 22.3. The van der Waals surface area contributed by atoms with E-state index in [9.17, 15) is 9.90 Å². The highest BCUT2D eigenvalue weighted by Crippen LogP contribution is 2.43. The molecule has 2 fully saturated rings. The highest BCUT2D eigenvalue weighted by atomic mass is 16.4. The third kappa shape index (κ3) is 5.37. The summed E-state index contributed by atoms with van der Waals surface area (Å²) < 4.78 is 0. The maximum absolute atomic E-state index is 12.2. The summed E-state index contributed by atoms with van der Waals surface area (Å²) in [5.74, 6) is 1.41. The van der Waals surface area contributed by atoms with Crippen LogP contribution in [0.25, 0.3) is 0 Å². The molecule has 176 valence electrons. The van der Waals surface area contributed by atoms with Crippen LogP contribution in [-0.2, 0) is 17.6 Å². The van der Waals surface area contributed by atoms with Crippen molar-refractivity contribution in [1.29, 1.82) is 0 Å². The average Bonchev–Trinajstić information content (AvgIpc) is 3.58. The standard InChI is InChI=1S/C27H36N4O2/c32-27(33)25(23-9-5-15-28-24(23)20-10-11-20)31-17-14-19(18-31)6-2-1-3-8-22-13-12-21-7-4-16-29-26(21)30-22/h5,9,12-13,15,19-20,25H,1-4,6-8,10-11,14,16-18H2,(H,29,30)(H,32,33). The van der Waals surface area contributed by atoms with Gasteiger partial charge in [0.2, 0.25) is 0 Å². The van der Waals surface area contributed by atoms with E-state index in [0.717, 1.165) is 68.8 Å². The molecule has 2 atom stereocenters. The number of likely N-dealkylation sites (tertiary alicyclic amines) is 1. The van der Waals surface area contributed by atoms with Crippen molar-refractivity contribution in [3.05, 3.63) is 53.0 Å². The Morgan fingerprint density at radius 3 is 2.94 bits per heavy atom. The molecule has 3 aliphatic rings. The van der Waals surface area contributed by atoms with Crippen LogP contribution >= 0.6 is 0 Å². The number of carboxylic acids is 1. The third-order valence-corrected chi connectivity index (χ3v) is 7.54. The third-order valence-electron chi connectivity index (χ3n) is 7.54. The summed E-state index contributed by atoms with van der Waals surface area (Å²) in [6.45, 7) is 2.79. The Hall–Kier alpha value is -2.47. The van der Waals surface area contributed by atoms with Gasteiger partial charge in [0, 0.05) is 42.2 Å². The lowest BCUT2D eigenvalue weighted by Gasteiger charge is -2.26. The van der Waals surface area contributed by atoms with Gasteiger partial charge in [0.1, 0.15) is 11.9 Å². The minimum absolute atomic E-state index is 0.460. The molecule has 0 amide bonds. The monoisotopic (exact) mass is 448 g/mol. The van der Waals surface area contributed by atoms with Crippen molar-refractivity contribution in [2.24, 2.45) is 5.92 Å². The number of hydrogen-bond donors (Lipinski definition) is 2. The number of rotatable bonds is 10. The van der Waals surface area contributed by atoms with Gasteiger partial charge >= 0.3 is 5.97 Å². The Bertz CT molecular complexity index is 974. The zero-order valence-electron chi connectivity index (χ0n) is 19.5. The first-order chi connectivity index (χ1) is 16.2. The predicted octanol–water partition coefficient (Wildman–Crippen LogP) is 4.96. The quantitative estimate of drug-likeness (QED) is 0.500. The minimum atomic E-state index is -0.738. The number of anilines is 1. The summed E-state index contributed by atoms with van der Waals surface area (Å²) in [4.78, 5) is 23.8. The van der Waals surface area contributed by atoms with Gasteiger partial charge in [-0.2, -0.15) is 0 Å². The van der Waals surface area contributed by atoms with Crippen molar-refractivity contribution in [3.63, 3.8) is 0 Å². The van der Waals surface area contributed by atoms with Crippen LogP contribution in [0.4, 0.5) is 5.82 Å². The number of nitrogens with one attached hydrogen (secondary N) is 1. The molecule has 2 aromatic heterocycles. The molecule has 2 aliphatic heterocycles. The van der Waals surface area contributed by atoms with Crippen molar-refractivity contribution in [2.45, 2.75) is 76.2 Å². The van der Waals surface area contributed by atoms with E-state index >= 15 is 0 Å². The molecule has 4 heterocycles. The highest BCUT2D eigenvalue weighted by Gasteiger charge is 2.37. The van der Waals surface area contributed by atoms with E-state index < -0.39 is 12.0 Å². The molecular weight excluding hydrogens is 412 g/mol. The van der Waals surface area contributed by atoms with E-state index in [0.29, 0.717) is 11.8 Å². The first-order valence-corrected chi connectivity index (χ1v) is 12.8. The topological polar surface area (TPSA) is 78.3 Å². The van der Waals surface area contributed by atoms with Crippen molar-refractivity contribution >= 4 is 11.8 Å². The Morgan fingerprint density at radius 1 is 1.18 bits per heavy atom. The first-order valence-electron chi connectivity index (χ1n) is 12.8. The fourth-order valence-corrected chi connectivity index (χ4v) is 5.60. The molecule has 0 bridgehead atoms. The van der Waals surface area contributed by atoms with Crippen LogP contribution in [-0.4, -0.2) is 45.6 Å². The summed E-state index contributed by atoms with van der Waals surface area (Å²) in [6.07, 6.45) is 13.3. The smallest absolute Gasteiger partial charge is 0.325 e. The van der Waals surface area contributed by atoms with Crippen LogP contribution in [0.2, 0.25) is 0 Å². The average molecular weight is 449 g/mol. The number of aromatic nitrogens is 2. The van der Waals surface area contributed by atoms with E-state index in [-0.39, 0.29) is 0 Å². The molecule has 0 aromatic carbocycles. The molecule has 0 radical (unpaired) electrons. The molecule has 2 aromatic rings. The van der Waals surface area contributed by atoms with Gasteiger partial charge in [-0.1, -0.05) is 25.0 Å². The number of carbonyl (C=O) groups is 1. The highest BCUT2D eigenvalue weighted by molar-refractivity contribution is 5.76. The van der Waals surface area contributed by atoms with Gasteiger partial charge in [-0.15, -0.1) is 0 Å². The molecule has 1 saturated heterocycles. The van der Waals surface area contributed by atoms with Crippen LogP contribution in [0.3, 0.4) is 0 Å². The number of aryl methyl sites for hydroxylation is 2. The van der Waals surface area contributed by atoms with Crippen molar-refractivity contribution in [2.75, 3.05) is 25.0 Å². The summed E-state index contributed by atoms with van der Waals surface area (Å²) in [5.41, 5.74) is 4.48. The van der Waals surface area contributed by atoms with Gasteiger partial charge in [-0.05, 0) is 81.5 Å². The number of pyridine rings is 2. The van der Waals surface area contributed by atoms with Crippen LogP contribution in [0.5, 0.6) is 0 Å². The largest absolute Gasteiger partial charge is 0.480 e. The van der Waals surface area contributed by atoms with Crippen molar-refractivity contribution in [3.8, 4) is 0 Å². The Kier molecular flexibility index (Phi) is 6.91. The predicted molar refractivity (Wildman–Crippen MR) is 129 cm³/mol. The zero-order valence-corrected chi connectivity index (χ0v) is 19.5. The van der Waals surface area contributed by atoms with Crippen LogP contribution in [0.15, 0.2) is 30.5 Å². The van der Waals surface area contributed by atoms with E-state index in [2.05, 4.69) is 27.3 Å². The van der Waals surface area contributed by atoms with Gasteiger partial charge in [0.15, 0.2) is 0 Å². The number of aliphatic carboxylic acids is 1. The molecule has 5 rings (SSSR count). The fourth-order valence-electron chi connectivity index (χ4n) is 5.60. The van der Waals surface area contributed by atoms with E-state index in [1.165, 1.54) is 43.4 Å². The number of carboxylic acid groups (broad SMARTS) is 1. The lowest BCUT2D eigenvalue weighted by atomic mass is 9.99. The molecule has 2 N–H and O–H groups in total. The van der Waals surface area contributed by atoms with Crippen molar-refractivity contribution in [1.82, 2.24) is 14.9 Å². The van der Waals surface area contributed by atoms with Crippen LogP contribution in [0.1, 0.15) is 85.8 Å². The van der Waals surface area contributed by atoms with Gasteiger partial charge in [-0.25, -0.2) is 4.98 Å². The minimum Gasteiger partial charge on any atom is -0.480 e. The van der Waals surface area contributed by atoms with Crippen LogP contribution < -0.4 is 5.32 Å². The molecule has 6 heteroatoms. The van der Waals surface area contributed by atoms with E-state index in [1.54, 1.807) is 6.20 Å². The normalized spacial score (nSPS) is 21.4. The maximum atomic E-state index is 12.2. The number of unbranched alkanes of at least 4 members (excludes halogenated alkanes) is 2. The van der Waals surface area contributed by atoms with Gasteiger partial charge in [0.05, 0.1) is 0 Å². The SMILES string of the molecule is O=C(O)C(c1cccnc1C1CC1)N1CCC(CCCCCc2ccc3c(n2)NCCC3)C1. The Morgan fingerprint density at radius 2 is 2.09 bits per heavy atom. The van der Waals surface area contributed by atoms with Gasteiger partial charge in [0.25, 0.3) is 0 Å². The molecule has 0 spiro atoms. The second kappa shape index (κ2) is 10.2. The summed E-state index contributed by atoms with van der Waals surface area (Å²) in [6, 6.07) is 7.76. The Balaban J connectivity index is 1.08. The maximum Gasteiger partial charge on any atom is 0.325 e. The number of nitrogens with zero attached hydrogens (tertiary/aromatic N) is 3. The molecule has 33 heavy (non-hydrogen) atoms. The summed E-state index contributed by atoms with van der Waals surface area (Å²) in [5, 5.41) is 13.5. The molecule has 2 unspecified atom stereocenters. The lowest BCUT2D eigenvalue weighted by molar-refractivity contribution is -0.143. The molecular formula is C27H36N4O2. The second-order valence-corrected chi connectivity index (χ2v) is 10.1. The van der Waals surface area contributed by atoms with E-state index in [1.807, 2.05) is 12.1 Å². The zero-order chi connectivity index (χ0) is 22.6. The van der Waals surface area contributed by atoms with Gasteiger partial charge < -0.3 is 10.4 Å². The molecule has 6 nitrogen and oxygen atoms in total. The van der Waals surface area contributed by atoms with E-state index in [4.69, 9.17) is 4.98 Å². The lowest BCUT2D eigenvalue weighted by Crippen LogP contribution is -2.33. The second-order valence-electron chi connectivity index (χ2n) is 10.1. The number of hydrogen-bond acceptors (Lipinski definition) is 5. The summed E-state index contributed by atoms with van der Waals surface area (Å²) >= 11 is 0. The van der Waals surface area contributed by atoms with Crippen LogP contribution in [0, 0.1) is 5.92 Å². The molecule has 1 saturated carbocycles. The molecule has 1 aliphatic carbocycles. The number of fused-ring (bicyclic) bond motifs is 1.